The molecule has 124 valence electrons. The maximum absolute atomic E-state index is 10.3. The number of aliphatic hydroxyl groups is 1. The van der Waals surface area contributed by atoms with Gasteiger partial charge in [0.1, 0.15) is 0 Å². The van der Waals surface area contributed by atoms with Crippen LogP contribution in [0.4, 0.5) is 0 Å². The molecule has 0 aliphatic rings. The Kier molecular flexibility index (Phi) is 5.30. The molecule has 6 nitrogen and oxygen atoms in total. The third kappa shape index (κ3) is 4.47. The maximum atomic E-state index is 10.3. The first kappa shape index (κ1) is 16.3. The van der Waals surface area contributed by atoms with Gasteiger partial charge in [-0.2, -0.15) is 4.80 Å². The lowest BCUT2D eigenvalue weighted by atomic mass is 10.2. The standard InChI is InChI=1S/C18H21N5O/c1-22(12-15-8-4-2-5-9-15)13-17(24)14-23-20-18(19-21-23)16-10-6-3-7-11-16/h2-11,17,24H,12-14H2,1H3/t17-/m0/s1. The maximum Gasteiger partial charge on any atom is 0.204 e. The molecule has 0 spiro atoms. The first-order valence-electron chi connectivity index (χ1n) is 7.94. The van der Waals surface area contributed by atoms with Gasteiger partial charge in [-0.1, -0.05) is 60.7 Å². The minimum atomic E-state index is -0.559. The molecule has 6 heteroatoms. The van der Waals surface area contributed by atoms with E-state index in [0.29, 0.717) is 18.9 Å². The van der Waals surface area contributed by atoms with Crippen LogP contribution in [0.5, 0.6) is 0 Å². The minimum Gasteiger partial charge on any atom is -0.390 e. The predicted octanol–water partition coefficient (Wildman–Crippen LogP) is 1.83. The fourth-order valence-corrected chi connectivity index (χ4v) is 2.59. The van der Waals surface area contributed by atoms with Crippen LogP contribution in [-0.2, 0) is 13.1 Å². The molecule has 0 amide bonds. The van der Waals surface area contributed by atoms with Gasteiger partial charge in [0.2, 0.25) is 5.82 Å². The highest BCUT2D eigenvalue weighted by Gasteiger charge is 2.12. The SMILES string of the molecule is CN(Cc1ccccc1)C[C@H](O)Cn1nnc(-c2ccccc2)n1. The number of aromatic nitrogens is 4. The van der Waals surface area contributed by atoms with Crippen molar-refractivity contribution in [1.82, 2.24) is 25.1 Å². The summed E-state index contributed by atoms with van der Waals surface area (Å²) in [6.45, 7) is 1.65. The van der Waals surface area contributed by atoms with Gasteiger partial charge in [-0.15, -0.1) is 10.2 Å². The third-order valence-electron chi connectivity index (χ3n) is 3.68. The number of hydrogen-bond acceptors (Lipinski definition) is 5. The summed E-state index contributed by atoms with van der Waals surface area (Å²) < 4.78 is 0. The molecule has 0 radical (unpaired) electrons. The van der Waals surface area contributed by atoms with Crippen molar-refractivity contribution in [2.24, 2.45) is 0 Å². The van der Waals surface area contributed by atoms with Crippen LogP contribution in [0, 0.1) is 0 Å². The Labute approximate surface area is 141 Å². The summed E-state index contributed by atoms with van der Waals surface area (Å²) >= 11 is 0. The smallest absolute Gasteiger partial charge is 0.204 e. The molecule has 0 saturated carbocycles. The number of rotatable bonds is 7. The Bertz CT molecular complexity index is 744. The second kappa shape index (κ2) is 7.81. The number of likely N-dealkylation sites (N-methyl/N-ethyl adjacent to an activating group) is 1. The summed E-state index contributed by atoms with van der Waals surface area (Å²) in [6.07, 6.45) is -0.559. The van der Waals surface area contributed by atoms with Crippen molar-refractivity contribution in [3.8, 4) is 11.4 Å². The van der Waals surface area contributed by atoms with Crippen LogP contribution in [0.2, 0.25) is 0 Å². The van der Waals surface area contributed by atoms with Crippen molar-refractivity contribution in [2.75, 3.05) is 13.6 Å². The molecule has 3 rings (SSSR count). The van der Waals surface area contributed by atoms with E-state index >= 15 is 0 Å². The molecule has 0 aliphatic carbocycles. The molecule has 1 heterocycles. The Morgan fingerprint density at radius 1 is 1.04 bits per heavy atom. The van der Waals surface area contributed by atoms with Gasteiger partial charge in [0, 0.05) is 18.7 Å². The largest absolute Gasteiger partial charge is 0.390 e. The van der Waals surface area contributed by atoms with Gasteiger partial charge in [0.25, 0.3) is 0 Å². The van der Waals surface area contributed by atoms with E-state index < -0.39 is 6.10 Å². The Balaban J connectivity index is 1.53. The zero-order chi connectivity index (χ0) is 16.8. The lowest BCUT2D eigenvalue weighted by Crippen LogP contribution is -2.32. The Morgan fingerprint density at radius 2 is 1.71 bits per heavy atom. The normalized spacial score (nSPS) is 12.5. The van der Waals surface area contributed by atoms with Crippen LogP contribution in [0.3, 0.4) is 0 Å². The minimum absolute atomic E-state index is 0.318. The topological polar surface area (TPSA) is 67.1 Å². The quantitative estimate of drug-likeness (QED) is 0.718. The zero-order valence-electron chi connectivity index (χ0n) is 13.7. The van der Waals surface area contributed by atoms with Gasteiger partial charge in [-0.25, -0.2) is 0 Å². The molecule has 0 saturated heterocycles. The number of nitrogens with zero attached hydrogens (tertiary/aromatic N) is 5. The van der Waals surface area contributed by atoms with E-state index in [1.807, 2.05) is 55.6 Å². The number of tetrazole rings is 1. The molecule has 3 aromatic rings. The van der Waals surface area contributed by atoms with E-state index in [4.69, 9.17) is 0 Å². The molecule has 24 heavy (non-hydrogen) atoms. The monoisotopic (exact) mass is 323 g/mol. The summed E-state index contributed by atoms with van der Waals surface area (Å²) in [5.41, 5.74) is 2.14. The Hall–Kier alpha value is -2.57. The molecule has 1 aromatic heterocycles. The first-order chi connectivity index (χ1) is 11.7. The summed E-state index contributed by atoms with van der Waals surface area (Å²) in [6, 6.07) is 19.9. The lowest BCUT2D eigenvalue weighted by Gasteiger charge is -2.20. The molecule has 1 atom stereocenters. The van der Waals surface area contributed by atoms with Gasteiger partial charge in [0.15, 0.2) is 0 Å². The van der Waals surface area contributed by atoms with Crippen LogP contribution in [0.15, 0.2) is 60.7 Å². The molecule has 0 bridgehead atoms. The summed E-state index contributed by atoms with van der Waals surface area (Å²) in [5, 5.41) is 22.7. The Morgan fingerprint density at radius 3 is 2.42 bits per heavy atom. The molecule has 2 aromatic carbocycles. The van der Waals surface area contributed by atoms with Gasteiger partial charge < -0.3 is 5.11 Å². The zero-order valence-corrected chi connectivity index (χ0v) is 13.7. The van der Waals surface area contributed by atoms with Crippen molar-refractivity contribution >= 4 is 0 Å². The second-order valence-electron chi connectivity index (χ2n) is 5.87. The summed E-state index contributed by atoms with van der Waals surface area (Å²) in [7, 11) is 1.99. The van der Waals surface area contributed by atoms with Crippen molar-refractivity contribution < 1.29 is 5.11 Å². The van der Waals surface area contributed by atoms with Crippen molar-refractivity contribution in [1.29, 1.82) is 0 Å². The molecule has 1 N–H and O–H groups in total. The lowest BCUT2D eigenvalue weighted by molar-refractivity contribution is 0.0989. The fraction of sp³-hybridized carbons (Fsp3) is 0.278. The van der Waals surface area contributed by atoms with Gasteiger partial charge >= 0.3 is 0 Å². The van der Waals surface area contributed by atoms with Gasteiger partial charge in [-0.3, -0.25) is 4.90 Å². The molecular weight excluding hydrogens is 302 g/mol. The molecular formula is C18H21N5O. The average molecular weight is 323 g/mol. The first-order valence-corrected chi connectivity index (χ1v) is 7.94. The highest BCUT2D eigenvalue weighted by molar-refractivity contribution is 5.52. The number of hydrogen-bond donors (Lipinski definition) is 1. The summed E-state index contributed by atoms with van der Waals surface area (Å²) in [4.78, 5) is 3.53. The highest BCUT2D eigenvalue weighted by Crippen LogP contribution is 2.12. The predicted molar refractivity (Wildman–Crippen MR) is 92.0 cm³/mol. The number of benzene rings is 2. The van der Waals surface area contributed by atoms with Crippen molar-refractivity contribution in [3.05, 3.63) is 66.2 Å². The van der Waals surface area contributed by atoms with Crippen molar-refractivity contribution in [2.45, 2.75) is 19.2 Å². The fourth-order valence-electron chi connectivity index (χ4n) is 2.59. The number of aliphatic hydroxyl groups excluding tert-OH is 1. The van der Waals surface area contributed by atoms with Crippen molar-refractivity contribution in [3.63, 3.8) is 0 Å². The molecule has 0 fully saturated rings. The van der Waals surface area contributed by atoms with Crippen LogP contribution in [0.1, 0.15) is 5.56 Å². The van der Waals surface area contributed by atoms with E-state index in [1.54, 1.807) is 0 Å². The third-order valence-corrected chi connectivity index (χ3v) is 3.68. The van der Waals surface area contributed by atoms with E-state index in [1.165, 1.54) is 10.4 Å². The molecule has 0 aliphatic heterocycles. The van der Waals surface area contributed by atoms with E-state index in [9.17, 15) is 5.11 Å². The van der Waals surface area contributed by atoms with Crippen LogP contribution >= 0.6 is 0 Å². The van der Waals surface area contributed by atoms with Gasteiger partial charge in [-0.05, 0) is 17.8 Å². The highest BCUT2D eigenvalue weighted by atomic mass is 16.3. The average Bonchev–Trinajstić information content (AvgIpc) is 3.04. The van der Waals surface area contributed by atoms with E-state index in [0.717, 1.165) is 12.1 Å². The summed E-state index contributed by atoms with van der Waals surface area (Å²) in [5.74, 6) is 0.570. The van der Waals surface area contributed by atoms with Gasteiger partial charge in [0.05, 0.1) is 12.6 Å². The van der Waals surface area contributed by atoms with Crippen LogP contribution in [-0.4, -0.2) is 49.9 Å². The second-order valence-corrected chi connectivity index (χ2v) is 5.87. The van der Waals surface area contributed by atoms with Crippen LogP contribution < -0.4 is 0 Å². The molecule has 0 unspecified atom stereocenters. The van der Waals surface area contributed by atoms with E-state index in [-0.39, 0.29) is 0 Å². The van der Waals surface area contributed by atoms with Crippen LogP contribution in [0.25, 0.3) is 11.4 Å². The van der Waals surface area contributed by atoms with E-state index in [2.05, 4.69) is 32.4 Å².